The van der Waals surface area contributed by atoms with E-state index in [1.165, 1.54) is 6.07 Å². The minimum atomic E-state index is -0.822. The van der Waals surface area contributed by atoms with E-state index in [2.05, 4.69) is 5.32 Å². The molecule has 1 N–H and O–H groups in total. The first-order valence-corrected chi connectivity index (χ1v) is 8.51. The predicted octanol–water partition coefficient (Wildman–Crippen LogP) is 4.31. The van der Waals surface area contributed by atoms with Crippen molar-refractivity contribution in [2.24, 2.45) is 0 Å². The van der Waals surface area contributed by atoms with Crippen LogP contribution in [0.4, 0.5) is 4.39 Å². The van der Waals surface area contributed by atoms with E-state index in [-0.39, 0.29) is 17.8 Å². The van der Waals surface area contributed by atoms with Gasteiger partial charge in [-0.05, 0) is 44.4 Å². The molecule has 0 radical (unpaired) electrons. The first-order valence-electron chi connectivity index (χ1n) is 8.51. The van der Waals surface area contributed by atoms with Crippen LogP contribution in [0.15, 0.2) is 48.5 Å². The summed E-state index contributed by atoms with van der Waals surface area (Å²) in [5, 5.41) is 2.98. The zero-order chi connectivity index (χ0) is 18.4. The Balaban J connectivity index is 2.19. The molecule has 2 rings (SSSR count). The number of rotatable bonds is 7. The highest BCUT2D eigenvalue weighted by atomic mass is 19.1. The summed E-state index contributed by atoms with van der Waals surface area (Å²) in [5.74, 6) is -0.444. The van der Waals surface area contributed by atoms with E-state index in [1.54, 1.807) is 13.2 Å². The second kappa shape index (κ2) is 8.26. The summed E-state index contributed by atoms with van der Waals surface area (Å²) in [6.07, 6.45) is 0.736. The molecule has 3 nitrogen and oxygen atoms in total. The maximum absolute atomic E-state index is 14.6. The van der Waals surface area contributed by atoms with E-state index >= 15 is 0 Å². The Morgan fingerprint density at radius 1 is 1.20 bits per heavy atom. The molecule has 0 bridgehead atoms. The Labute approximate surface area is 149 Å². The molecule has 0 fully saturated rings. The lowest BCUT2D eigenvalue weighted by Crippen LogP contribution is -2.44. The van der Waals surface area contributed by atoms with Crippen LogP contribution in [0.5, 0.6) is 0 Å². The first-order chi connectivity index (χ1) is 11.9. The van der Waals surface area contributed by atoms with Crippen LogP contribution in [-0.2, 0) is 14.9 Å². The fraction of sp³-hybridized carbons (Fsp3) is 0.381. The van der Waals surface area contributed by atoms with Crippen molar-refractivity contribution in [3.63, 3.8) is 0 Å². The number of carbonyl (C=O) groups excluding carboxylic acids is 1. The van der Waals surface area contributed by atoms with Crippen LogP contribution >= 0.6 is 0 Å². The molecule has 0 aromatic heterocycles. The fourth-order valence-corrected chi connectivity index (χ4v) is 2.66. The maximum atomic E-state index is 14.6. The Bertz CT molecular complexity index is 713. The average Bonchev–Trinajstić information content (AvgIpc) is 2.60. The van der Waals surface area contributed by atoms with Gasteiger partial charge in [-0.2, -0.15) is 0 Å². The molecule has 0 heterocycles. The number of hydrogen-bond acceptors (Lipinski definition) is 2. The monoisotopic (exact) mass is 343 g/mol. The molecule has 4 heteroatoms. The molecule has 0 aliphatic rings. The second-order valence-electron chi connectivity index (χ2n) is 6.84. The smallest absolute Gasteiger partial charge is 0.230 e. The van der Waals surface area contributed by atoms with Crippen LogP contribution < -0.4 is 5.32 Å². The first kappa shape index (κ1) is 19.1. The molecule has 0 saturated carbocycles. The lowest BCUT2D eigenvalue weighted by Gasteiger charge is -2.27. The molecule has 0 aliphatic carbocycles. The van der Waals surface area contributed by atoms with E-state index in [9.17, 15) is 9.18 Å². The highest BCUT2D eigenvalue weighted by Gasteiger charge is 2.31. The van der Waals surface area contributed by atoms with Crippen molar-refractivity contribution in [1.29, 1.82) is 0 Å². The van der Waals surface area contributed by atoms with Crippen LogP contribution in [0.1, 0.15) is 32.8 Å². The molecule has 0 aliphatic heterocycles. The van der Waals surface area contributed by atoms with Gasteiger partial charge in [-0.1, -0.05) is 42.5 Å². The topological polar surface area (TPSA) is 38.3 Å². The SMILES string of the molecule is COCCC(C)NC(=O)C(C)(C)c1ccc(-c2ccccc2)c(F)c1. The third-order valence-electron chi connectivity index (χ3n) is 4.48. The standard InChI is InChI=1S/C21H26FNO2/c1-15(12-13-25-4)23-20(24)21(2,3)17-10-11-18(19(22)14-17)16-8-6-5-7-9-16/h5-11,14-15H,12-13H2,1-4H3,(H,23,24). The van der Waals surface area contributed by atoms with Crippen LogP contribution in [0.2, 0.25) is 0 Å². The van der Waals surface area contributed by atoms with Crippen molar-refractivity contribution in [1.82, 2.24) is 5.32 Å². The van der Waals surface area contributed by atoms with Crippen molar-refractivity contribution < 1.29 is 13.9 Å². The minimum Gasteiger partial charge on any atom is -0.385 e. The van der Waals surface area contributed by atoms with E-state index in [1.807, 2.05) is 57.2 Å². The van der Waals surface area contributed by atoms with Crippen LogP contribution in [0.25, 0.3) is 11.1 Å². The Morgan fingerprint density at radius 3 is 2.48 bits per heavy atom. The van der Waals surface area contributed by atoms with Crippen molar-refractivity contribution in [3.8, 4) is 11.1 Å². The second-order valence-corrected chi connectivity index (χ2v) is 6.84. The predicted molar refractivity (Wildman–Crippen MR) is 99.0 cm³/mol. The number of benzene rings is 2. The fourth-order valence-electron chi connectivity index (χ4n) is 2.66. The Kier molecular flexibility index (Phi) is 6.32. The number of nitrogens with one attached hydrogen (secondary N) is 1. The van der Waals surface area contributed by atoms with Gasteiger partial charge in [0.25, 0.3) is 0 Å². The van der Waals surface area contributed by atoms with Gasteiger partial charge in [0.05, 0.1) is 5.41 Å². The normalized spacial score (nSPS) is 12.7. The zero-order valence-corrected chi connectivity index (χ0v) is 15.3. The number of methoxy groups -OCH3 is 1. The van der Waals surface area contributed by atoms with Gasteiger partial charge in [-0.25, -0.2) is 4.39 Å². The summed E-state index contributed by atoms with van der Waals surface area (Å²) < 4.78 is 19.6. The third kappa shape index (κ3) is 4.67. The van der Waals surface area contributed by atoms with E-state index in [0.29, 0.717) is 17.7 Å². The molecule has 1 unspecified atom stereocenters. The van der Waals surface area contributed by atoms with Crippen LogP contribution in [-0.4, -0.2) is 25.7 Å². The van der Waals surface area contributed by atoms with Gasteiger partial charge < -0.3 is 10.1 Å². The largest absolute Gasteiger partial charge is 0.385 e. The van der Waals surface area contributed by atoms with E-state index < -0.39 is 5.41 Å². The lowest BCUT2D eigenvalue weighted by molar-refractivity contribution is -0.126. The van der Waals surface area contributed by atoms with Crippen molar-refractivity contribution in [2.75, 3.05) is 13.7 Å². The van der Waals surface area contributed by atoms with Gasteiger partial charge in [0.1, 0.15) is 5.82 Å². The highest BCUT2D eigenvalue weighted by Crippen LogP contribution is 2.29. The van der Waals surface area contributed by atoms with Gasteiger partial charge in [-0.3, -0.25) is 4.79 Å². The number of amides is 1. The molecule has 2 aromatic carbocycles. The van der Waals surface area contributed by atoms with Crippen molar-refractivity contribution in [3.05, 3.63) is 59.9 Å². The van der Waals surface area contributed by atoms with Gasteiger partial charge in [0.15, 0.2) is 0 Å². The molecular weight excluding hydrogens is 317 g/mol. The maximum Gasteiger partial charge on any atom is 0.230 e. The van der Waals surface area contributed by atoms with Crippen molar-refractivity contribution >= 4 is 5.91 Å². The summed E-state index contributed by atoms with van der Waals surface area (Å²) in [6, 6.07) is 14.4. The summed E-state index contributed by atoms with van der Waals surface area (Å²) in [4.78, 5) is 12.6. The molecule has 1 amide bonds. The van der Waals surface area contributed by atoms with Crippen LogP contribution in [0, 0.1) is 5.82 Å². The Morgan fingerprint density at radius 2 is 1.88 bits per heavy atom. The summed E-state index contributed by atoms with van der Waals surface area (Å²) in [5.41, 5.74) is 1.19. The zero-order valence-electron chi connectivity index (χ0n) is 15.3. The number of ether oxygens (including phenoxy) is 1. The van der Waals surface area contributed by atoms with Crippen molar-refractivity contribution in [2.45, 2.75) is 38.6 Å². The third-order valence-corrected chi connectivity index (χ3v) is 4.48. The van der Waals surface area contributed by atoms with Gasteiger partial charge >= 0.3 is 0 Å². The summed E-state index contributed by atoms with van der Waals surface area (Å²) in [7, 11) is 1.63. The van der Waals surface area contributed by atoms with E-state index in [0.717, 1.165) is 12.0 Å². The van der Waals surface area contributed by atoms with Gasteiger partial charge in [0, 0.05) is 25.3 Å². The lowest BCUT2D eigenvalue weighted by atomic mass is 9.82. The number of halogens is 1. The molecule has 0 spiro atoms. The Hall–Kier alpha value is -2.20. The average molecular weight is 343 g/mol. The quantitative estimate of drug-likeness (QED) is 0.813. The van der Waals surface area contributed by atoms with Gasteiger partial charge in [0.2, 0.25) is 5.91 Å². The molecule has 25 heavy (non-hydrogen) atoms. The molecule has 0 saturated heterocycles. The summed E-state index contributed by atoms with van der Waals surface area (Å²) in [6.45, 7) is 6.14. The molecule has 2 aromatic rings. The number of hydrogen-bond donors (Lipinski definition) is 1. The van der Waals surface area contributed by atoms with E-state index in [4.69, 9.17) is 4.74 Å². The van der Waals surface area contributed by atoms with Crippen LogP contribution in [0.3, 0.4) is 0 Å². The molecule has 134 valence electrons. The minimum absolute atomic E-state index is 0.000152. The number of carbonyl (C=O) groups is 1. The van der Waals surface area contributed by atoms with Gasteiger partial charge in [-0.15, -0.1) is 0 Å². The molecular formula is C21H26FNO2. The highest BCUT2D eigenvalue weighted by molar-refractivity contribution is 5.87. The summed E-state index contributed by atoms with van der Waals surface area (Å²) >= 11 is 0. The molecule has 1 atom stereocenters.